The van der Waals surface area contributed by atoms with Gasteiger partial charge >= 0.3 is 40.8 Å². The molecule has 0 radical (unpaired) electrons. The molecule has 5 heteroatoms. The first kappa shape index (κ1) is 24.3. The van der Waals surface area contributed by atoms with Crippen LogP contribution in [0, 0.1) is 29.7 Å². The first-order valence-corrected chi connectivity index (χ1v) is 15.6. The third-order valence-electron chi connectivity index (χ3n) is 3.54. The SMILES string of the molecule is N#[O+].[Br][Re].[c-]1[c-][c-][cH-][c-]1.c1ccc([PH+](c2ccccc2)c2ccccc2)cc1. The second-order valence-corrected chi connectivity index (χ2v) is 7.64. The third-order valence-corrected chi connectivity index (χ3v) is 6.27. The molecule has 4 aromatic rings. The molecule has 4 aromatic carbocycles. The molecule has 0 saturated carbocycles. The van der Waals surface area contributed by atoms with Crippen molar-refractivity contribution in [2.45, 2.75) is 0 Å². The molecule has 28 heavy (non-hydrogen) atoms. The van der Waals surface area contributed by atoms with Gasteiger partial charge in [-0.1, -0.05) is 54.6 Å². The van der Waals surface area contributed by atoms with Gasteiger partial charge in [0.1, 0.15) is 15.9 Å². The minimum atomic E-state index is -0.877. The fraction of sp³-hybridized carbons (Fsp3) is 0. The van der Waals surface area contributed by atoms with Crippen molar-refractivity contribution in [3.8, 4) is 0 Å². The molecule has 142 valence electrons. The Balaban J connectivity index is 0.000000368. The number of benzene rings is 3. The zero-order valence-corrected chi connectivity index (χ0v) is 20.2. The Kier molecular flexibility index (Phi) is 14.1. The minimum Gasteiger partial charge on any atom is -0.999 e. The van der Waals surface area contributed by atoms with Crippen LogP contribution >= 0.6 is 21.4 Å². The van der Waals surface area contributed by atoms with Gasteiger partial charge in [0, 0.05) is 0 Å². The summed E-state index contributed by atoms with van der Waals surface area (Å²) in [4.78, 5) is 0. The van der Waals surface area contributed by atoms with Crippen molar-refractivity contribution in [2.75, 3.05) is 0 Å². The second kappa shape index (κ2) is 16.2. The van der Waals surface area contributed by atoms with Crippen LogP contribution in [0.4, 0.5) is 0 Å². The van der Waals surface area contributed by atoms with Gasteiger partial charge in [-0.3, -0.25) is 0 Å². The molecule has 0 fully saturated rings. The Morgan fingerprint density at radius 3 is 1.14 bits per heavy atom. The van der Waals surface area contributed by atoms with E-state index >= 15 is 0 Å². The average Bonchev–Trinajstić information content (AvgIpc) is 3.39. The minimum absolute atomic E-state index is 0.877. The molecule has 0 spiro atoms. The molecule has 0 unspecified atom stereocenters. The van der Waals surface area contributed by atoms with Crippen LogP contribution in [0.1, 0.15) is 0 Å². The van der Waals surface area contributed by atoms with Crippen LogP contribution < -0.4 is 15.9 Å². The molecule has 4 rings (SSSR count). The molecule has 0 saturated heterocycles. The first-order valence-electron chi connectivity index (χ1n) is 8.13. The van der Waals surface area contributed by atoms with Crippen molar-refractivity contribution in [3.63, 3.8) is 0 Å². The van der Waals surface area contributed by atoms with Gasteiger partial charge in [0.05, 0.1) is 7.92 Å². The number of halogens is 1. The molecule has 0 bridgehead atoms. The van der Waals surface area contributed by atoms with E-state index in [0.29, 0.717) is 0 Å². The van der Waals surface area contributed by atoms with E-state index in [0.717, 1.165) is 0 Å². The van der Waals surface area contributed by atoms with E-state index in [9.17, 15) is 0 Å². The number of hydrogen-bond acceptors (Lipinski definition) is 1. The van der Waals surface area contributed by atoms with Crippen molar-refractivity contribution >= 4 is 37.3 Å². The Morgan fingerprint density at radius 2 is 0.929 bits per heavy atom. The summed E-state index contributed by atoms with van der Waals surface area (Å²) in [5.41, 5.74) is 5.75. The Bertz CT molecular complexity index is 745. The van der Waals surface area contributed by atoms with Crippen molar-refractivity contribution in [3.05, 3.63) is 121 Å². The van der Waals surface area contributed by atoms with E-state index in [4.69, 9.17) is 10.2 Å². The van der Waals surface area contributed by atoms with Crippen LogP contribution in [0.2, 0.25) is 0 Å². The maximum absolute atomic E-state index is 7.25. The van der Waals surface area contributed by atoms with Gasteiger partial charge in [-0.2, -0.15) is 0 Å². The molecule has 0 heterocycles. The van der Waals surface area contributed by atoms with E-state index in [-0.39, 0.29) is 0 Å². The zero-order chi connectivity index (χ0) is 20.5. The molecule has 0 aliphatic rings. The van der Waals surface area contributed by atoms with Crippen LogP contribution in [-0.4, -0.2) is 0 Å². The largest absolute Gasteiger partial charge is 0.999 e. The van der Waals surface area contributed by atoms with Gasteiger partial charge in [-0.25, -0.2) is 0 Å². The standard InChI is InChI=1S/C18H15P.C5H.BrH.NO.Re/c1-4-10-16(11-5-1)19(17-12-6-2-7-13-17)18-14-8-3-9-15-18;1-2-4-5-3-1;;1-2;/h1-15H;1H;1H;;/q;-5;;2*+1. The van der Waals surface area contributed by atoms with Gasteiger partial charge in [-0.15, -0.1) is 0 Å². The van der Waals surface area contributed by atoms with Crippen molar-refractivity contribution in [1.82, 2.24) is 0 Å². The molecular formula is C23H17BrNOPRe-3. The summed E-state index contributed by atoms with van der Waals surface area (Å²) >= 11 is 4.53. The van der Waals surface area contributed by atoms with E-state index in [1.807, 2.05) is 0 Å². The summed E-state index contributed by atoms with van der Waals surface area (Å²) < 4.78 is 7.25. The third kappa shape index (κ3) is 8.51. The van der Waals surface area contributed by atoms with Crippen LogP contribution in [0.15, 0.2) is 97.1 Å². The summed E-state index contributed by atoms with van der Waals surface area (Å²) in [5, 5.41) is 4.31. The van der Waals surface area contributed by atoms with E-state index in [1.165, 1.54) is 33.1 Å². The number of nitrogens with zero attached hydrogens (tertiary/aromatic N) is 1. The zero-order valence-electron chi connectivity index (χ0n) is 14.8. The monoisotopic (exact) mass is 620 g/mol. The molecule has 0 amide bonds. The Labute approximate surface area is 185 Å². The molecule has 0 aromatic heterocycles. The summed E-state index contributed by atoms with van der Waals surface area (Å²) in [7, 11) is -0.877. The summed E-state index contributed by atoms with van der Waals surface area (Å²) in [5.74, 6) is 0. The van der Waals surface area contributed by atoms with Crippen LogP contribution in [0.25, 0.3) is 0 Å². The van der Waals surface area contributed by atoms with Crippen LogP contribution in [-0.2, 0) is 22.0 Å². The first-order chi connectivity index (χ1) is 13.9. The Morgan fingerprint density at radius 1 is 0.643 bits per heavy atom. The summed E-state index contributed by atoms with van der Waals surface area (Å²) in [6.07, 6.45) is 0. The summed E-state index contributed by atoms with van der Waals surface area (Å²) in [6, 6.07) is 44.5. The van der Waals surface area contributed by atoms with Crippen LogP contribution in [0.5, 0.6) is 0 Å². The quantitative estimate of drug-likeness (QED) is 0.189. The normalized spacial score (nSPS) is 8.89. The fourth-order valence-electron chi connectivity index (χ4n) is 2.49. The fourth-order valence-corrected chi connectivity index (χ4v) is 5.07. The van der Waals surface area contributed by atoms with Gasteiger partial charge in [0.25, 0.3) is 0 Å². The molecule has 0 atom stereocenters. The molecule has 0 aliphatic carbocycles. The van der Waals surface area contributed by atoms with Gasteiger partial charge in [-0.05, 0) is 36.4 Å². The van der Waals surface area contributed by atoms with Gasteiger partial charge in [0.2, 0.25) is 0 Å². The second-order valence-electron chi connectivity index (χ2n) is 5.16. The molecule has 0 aliphatic heterocycles. The predicted molar refractivity (Wildman–Crippen MR) is 115 cm³/mol. The van der Waals surface area contributed by atoms with Gasteiger partial charge in [0.15, 0.2) is 0 Å². The van der Waals surface area contributed by atoms with Crippen LogP contribution in [0.3, 0.4) is 0 Å². The maximum Gasteiger partial charge on any atom is 0.102 e. The summed E-state index contributed by atoms with van der Waals surface area (Å²) in [6.45, 7) is 0. The topological polar surface area (TPSA) is 43.7 Å². The van der Waals surface area contributed by atoms with E-state index < -0.39 is 7.92 Å². The van der Waals surface area contributed by atoms with E-state index in [2.05, 4.69) is 129 Å². The Hall–Kier alpha value is -1.75. The van der Waals surface area contributed by atoms with Gasteiger partial charge < -0.3 is 30.3 Å². The smallest absolute Gasteiger partial charge is 0.102 e. The molecule has 0 N–H and O–H groups in total. The maximum atomic E-state index is 7.25. The van der Waals surface area contributed by atoms with E-state index in [1.54, 1.807) is 6.07 Å². The van der Waals surface area contributed by atoms with Crippen molar-refractivity contribution < 1.29 is 22.0 Å². The molecular weight excluding hydrogens is 603 g/mol. The molecule has 2 nitrogen and oxygen atoms in total. The number of rotatable bonds is 3. The predicted octanol–water partition coefficient (Wildman–Crippen LogP) is 4.52. The van der Waals surface area contributed by atoms with Crippen molar-refractivity contribution in [1.29, 1.82) is 5.46 Å². The average molecular weight is 620 g/mol. The van der Waals surface area contributed by atoms with Crippen molar-refractivity contribution in [2.24, 2.45) is 0 Å². The number of hydrogen-bond donors (Lipinski definition) is 0.